The second-order valence-electron chi connectivity index (χ2n) is 6.92. The molecule has 19 heavy (non-hydrogen) atoms. The molecule has 0 saturated heterocycles. The van der Waals surface area contributed by atoms with Gasteiger partial charge in [0, 0.05) is 6.04 Å². The number of rotatable bonds is 2. The number of hydrogen-bond donors (Lipinski definition) is 1. The van der Waals surface area contributed by atoms with Crippen molar-refractivity contribution < 1.29 is 4.74 Å². The molecule has 0 spiro atoms. The zero-order valence-corrected chi connectivity index (χ0v) is 12.6. The molecule has 2 N–H and O–H groups in total. The highest BCUT2D eigenvalue weighted by Crippen LogP contribution is 2.43. The van der Waals surface area contributed by atoms with Crippen molar-refractivity contribution in [2.24, 2.45) is 17.1 Å². The smallest absolute Gasteiger partial charge is 0.119 e. The van der Waals surface area contributed by atoms with Crippen molar-refractivity contribution in [3.63, 3.8) is 0 Å². The van der Waals surface area contributed by atoms with E-state index in [1.54, 1.807) is 7.11 Å². The molecular formula is C17H27NO. The molecule has 3 atom stereocenters. The topological polar surface area (TPSA) is 35.2 Å². The summed E-state index contributed by atoms with van der Waals surface area (Å²) in [5.41, 5.74) is 8.07. The first kappa shape index (κ1) is 14.4. The van der Waals surface area contributed by atoms with Gasteiger partial charge in [0.25, 0.3) is 0 Å². The number of ether oxygens (including phenoxy) is 1. The summed E-state index contributed by atoms with van der Waals surface area (Å²) in [7, 11) is 1.72. The third-order valence-electron chi connectivity index (χ3n) is 4.65. The minimum Gasteiger partial charge on any atom is -0.497 e. The maximum atomic E-state index is 6.37. The van der Waals surface area contributed by atoms with Gasteiger partial charge in [-0.25, -0.2) is 0 Å². The Kier molecular flexibility index (Phi) is 4.19. The first-order chi connectivity index (χ1) is 8.91. The van der Waals surface area contributed by atoms with E-state index in [1.807, 2.05) is 6.07 Å². The average Bonchev–Trinajstić information content (AvgIpc) is 2.38. The van der Waals surface area contributed by atoms with Crippen LogP contribution in [0.15, 0.2) is 24.3 Å². The van der Waals surface area contributed by atoms with Crippen LogP contribution in [0.2, 0.25) is 0 Å². The molecule has 1 saturated carbocycles. The van der Waals surface area contributed by atoms with Crippen LogP contribution in [-0.2, 0) is 0 Å². The second kappa shape index (κ2) is 5.54. The van der Waals surface area contributed by atoms with Crippen molar-refractivity contribution in [3.8, 4) is 5.75 Å². The standard InChI is InChI=1S/C17H27NO/c1-17(2,3)13-8-9-16(18)15(11-13)12-6-5-7-14(10-12)19-4/h5-7,10,13,15-16H,8-9,11,18H2,1-4H3. The Bertz CT molecular complexity index is 422. The van der Waals surface area contributed by atoms with E-state index in [4.69, 9.17) is 10.5 Å². The first-order valence-electron chi connectivity index (χ1n) is 7.31. The van der Waals surface area contributed by atoms with Gasteiger partial charge in [-0.3, -0.25) is 0 Å². The summed E-state index contributed by atoms with van der Waals surface area (Å²) < 4.78 is 5.33. The summed E-state index contributed by atoms with van der Waals surface area (Å²) in [6.07, 6.45) is 3.58. The molecule has 106 valence electrons. The van der Waals surface area contributed by atoms with Gasteiger partial charge >= 0.3 is 0 Å². The van der Waals surface area contributed by atoms with E-state index in [1.165, 1.54) is 18.4 Å². The minimum absolute atomic E-state index is 0.283. The Balaban J connectivity index is 2.21. The van der Waals surface area contributed by atoms with Crippen LogP contribution in [0.4, 0.5) is 0 Å². The minimum atomic E-state index is 0.283. The molecule has 0 amide bonds. The van der Waals surface area contributed by atoms with Gasteiger partial charge in [-0.1, -0.05) is 32.9 Å². The quantitative estimate of drug-likeness (QED) is 0.874. The van der Waals surface area contributed by atoms with Gasteiger partial charge in [0.2, 0.25) is 0 Å². The second-order valence-corrected chi connectivity index (χ2v) is 6.92. The highest BCUT2D eigenvalue weighted by Gasteiger charge is 2.35. The van der Waals surface area contributed by atoms with Crippen molar-refractivity contribution >= 4 is 0 Å². The highest BCUT2D eigenvalue weighted by molar-refractivity contribution is 5.32. The monoisotopic (exact) mass is 261 g/mol. The van der Waals surface area contributed by atoms with Crippen LogP contribution in [0, 0.1) is 11.3 Å². The van der Waals surface area contributed by atoms with Crippen LogP contribution in [0.1, 0.15) is 51.5 Å². The Hall–Kier alpha value is -1.02. The Morgan fingerprint density at radius 2 is 1.95 bits per heavy atom. The largest absolute Gasteiger partial charge is 0.497 e. The summed E-state index contributed by atoms with van der Waals surface area (Å²) in [6, 6.07) is 8.69. The molecule has 0 heterocycles. The van der Waals surface area contributed by atoms with Crippen LogP contribution < -0.4 is 10.5 Å². The van der Waals surface area contributed by atoms with Crippen molar-refractivity contribution in [1.82, 2.24) is 0 Å². The molecule has 0 aliphatic heterocycles. The molecule has 0 aromatic heterocycles. The van der Waals surface area contributed by atoms with Crippen LogP contribution in [0.3, 0.4) is 0 Å². The lowest BCUT2D eigenvalue weighted by molar-refractivity contribution is 0.154. The van der Waals surface area contributed by atoms with Crippen LogP contribution in [0.25, 0.3) is 0 Å². The van der Waals surface area contributed by atoms with Gasteiger partial charge in [-0.2, -0.15) is 0 Å². The summed E-state index contributed by atoms with van der Waals surface area (Å²) >= 11 is 0. The number of hydrogen-bond acceptors (Lipinski definition) is 2. The molecule has 1 aromatic rings. The van der Waals surface area contributed by atoms with Crippen molar-refractivity contribution in [1.29, 1.82) is 0 Å². The molecule has 3 unspecified atom stereocenters. The third-order valence-corrected chi connectivity index (χ3v) is 4.65. The zero-order valence-electron chi connectivity index (χ0n) is 12.6. The van der Waals surface area contributed by atoms with E-state index in [9.17, 15) is 0 Å². The van der Waals surface area contributed by atoms with E-state index in [-0.39, 0.29) is 6.04 Å². The summed E-state index contributed by atoms with van der Waals surface area (Å²) in [5, 5.41) is 0. The number of nitrogens with two attached hydrogens (primary N) is 1. The van der Waals surface area contributed by atoms with Gasteiger partial charge in [-0.05, 0) is 54.2 Å². The molecule has 1 fully saturated rings. The predicted molar refractivity (Wildman–Crippen MR) is 80.5 cm³/mol. The first-order valence-corrected chi connectivity index (χ1v) is 7.31. The maximum Gasteiger partial charge on any atom is 0.119 e. The SMILES string of the molecule is COc1cccc(C2CC(C(C)(C)C)CCC2N)c1. The Labute approximate surface area is 117 Å². The van der Waals surface area contributed by atoms with Gasteiger partial charge < -0.3 is 10.5 Å². The van der Waals surface area contributed by atoms with E-state index < -0.39 is 0 Å². The van der Waals surface area contributed by atoms with E-state index >= 15 is 0 Å². The van der Waals surface area contributed by atoms with Crippen LogP contribution in [0.5, 0.6) is 5.75 Å². The summed E-state index contributed by atoms with van der Waals surface area (Å²) in [6.45, 7) is 7.03. The molecule has 1 aromatic carbocycles. The lowest BCUT2D eigenvalue weighted by Crippen LogP contribution is -2.38. The molecule has 2 rings (SSSR count). The van der Waals surface area contributed by atoms with Gasteiger partial charge in [0.15, 0.2) is 0 Å². The molecule has 0 radical (unpaired) electrons. The van der Waals surface area contributed by atoms with Crippen molar-refractivity contribution in [2.75, 3.05) is 7.11 Å². The molecule has 1 aliphatic carbocycles. The third kappa shape index (κ3) is 3.30. The maximum absolute atomic E-state index is 6.37. The Morgan fingerprint density at radius 1 is 1.21 bits per heavy atom. The van der Waals surface area contributed by atoms with Crippen LogP contribution >= 0.6 is 0 Å². The molecule has 2 heteroatoms. The van der Waals surface area contributed by atoms with Crippen molar-refractivity contribution in [3.05, 3.63) is 29.8 Å². The van der Waals surface area contributed by atoms with Gasteiger partial charge in [0.05, 0.1) is 7.11 Å². The Morgan fingerprint density at radius 3 is 2.58 bits per heavy atom. The normalized spacial score (nSPS) is 28.2. The number of methoxy groups -OCH3 is 1. The molecular weight excluding hydrogens is 234 g/mol. The summed E-state index contributed by atoms with van der Waals surface area (Å²) in [5.74, 6) is 2.15. The van der Waals surface area contributed by atoms with Crippen LogP contribution in [-0.4, -0.2) is 13.2 Å². The van der Waals surface area contributed by atoms with Gasteiger partial charge in [0.1, 0.15) is 5.75 Å². The molecule has 1 aliphatic rings. The fourth-order valence-electron chi connectivity index (χ4n) is 3.24. The summed E-state index contributed by atoms with van der Waals surface area (Å²) in [4.78, 5) is 0. The average molecular weight is 261 g/mol. The van der Waals surface area contributed by atoms with Crippen molar-refractivity contribution in [2.45, 2.75) is 52.0 Å². The van der Waals surface area contributed by atoms with E-state index in [0.29, 0.717) is 11.3 Å². The predicted octanol–water partition coefficient (Wildman–Crippen LogP) is 3.95. The highest BCUT2D eigenvalue weighted by atomic mass is 16.5. The molecule has 2 nitrogen and oxygen atoms in total. The number of benzene rings is 1. The fourth-order valence-corrected chi connectivity index (χ4v) is 3.24. The molecule has 0 bridgehead atoms. The van der Waals surface area contributed by atoms with Gasteiger partial charge in [-0.15, -0.1) is 0 Å². The lowest BCUT2D eigenvalue weighted by Gasteiger charge is -2.41. The van der Waals surface area contributed by atoms with E-state index in [2.05, 4.69) is 39.0 Å². The lowest BCUT2D eigenvalue weighted by atomic mass is 9.66. The zero-order chi connectivity index (χ0) is 14.0. The fraction of sp³-hybridized carbons (Fsp3) is 0.647. The van der Waals surface area contributed by atoms with E-state index in [0.717, 1.165) is 18.1 Å².